The van der Waals surface area contributed by atoms with Gasteiger partial charge in [-0.25, -0.2) is 4.68 Å². The minimum atomic E-state index is 0.283. The Kier molecular flexibility index (Phi) is 2.93. The first-order chi connectivity index (χ1) is 9.19. The lowest BCUT2D eigenvalue weighted by Gasteiger charge is -2.30. The minimum absolute atomic E-state index is 0.283. The van der Waals surface area contributed by atoms with Crippen LogP contribution in [0, 0.1) is 5.92 Å². The van der Waals surface area contributed by atoms with Gasteiger partial charge in [-0.05, 0) is 36.6 Å². The van der Waals surface area contributed by atoms with Crippen molar-refractivity contribution in [3.05, 3.63) is 30.3 Å². The predicted octanol–water partition coefficient (Wildman–Crippen LogP) is 3.27. The third-order valence-corrected chi connectivity index (χ3v) is 3.89. The van der Waals surface area contributed by atoms with E-state index in [4.69, 9.17) is 5.10 Å². The van der Waals surface area contributed by atoms with Gasteiger partial charge in [0.2, 0.25) is 0 Å². The van der Waals surface area contributed by atoms with Crippen LogP contribution < -0.4 is 5.32 Å². The van der Waals surface area contributed by atoms with Crippen molar-refractivity contribution in [1.29, 1.82) is 0 Å². The van der Waals surface area contributed by atoms with E-state index in [1.807, 2.05) is 12.1 Å². The van der Waals surface area contributed by atoms with Crippen LogP contribution in [-0.2, 0) is 0 Å². The Labute approximate surface area is 113 Å². The summed E-state index contributed by atoms with van der Waals surface area (Å²) >= 11 is 0. The van der Waals surface area contributed by atoms with Gasteiger partial charge in [0.25, 0.3) is 0 Å². The van der Waals surface area contributed by atoms with Crippen molar-refractivity contribution < 1.29 is 5.11 Å². The molecular formula is C15H19N3O. The first kappa shape index (κ1) is 12.1. The molecule has 1 aliphatic rings. The monoisotopic (exact) mass is 257 g/mol. The van der Waals surface area contributed by atoms with Crippen molar-refractivity contribution >= 4 is 5.82 Å². The molecule has 0 aliphatic carbocycles. The Morgan fingerprint density at radius 3 is 2.79 bits per heavy atom. The van der Waals surface area contributed by atoms with Crippen molar-refractivity contribution in [1.82, 2.24) is 9.78 Å². The number of anilines is 1. The van der Waals surface area contributed by atoms with Crippen LogP contribution in [0.2, 0.25) is 0 Å². The summed E-state index contributed by atoms with van der Waals surface area (Å²) in [5.74, 6) is 1.96. The van der Waals surface area contributed by atoms with Gasteiger partial charge in [-0.3, -0.25) is 0 Å². The summed E-state index contributed by atoms with van der Waals surface area (Å²) < 4.78 is 2.11. The number of aromatic hydroxyl groups is 1. The van der Waals surface area contributed by atoms with E-state index in [-0.39, 0.29) is 5.75 Å². The molecule has 0 saturated heterocycles. The molecule has 2 N–H and O–H groups in total. The van der Waals surface area contributed by atoms with Gasteiger partial charge < -0.3 is 10.4 Å². The maximum absolute atomic E-state index is 9.34. The second kappa shape index (κ2) is 4.61. The zero-order chi connectivity index (χ0) is 13.4. The zero-order valence-corrected chi connectivity index (χ0v) is 11.3. The molecule has 4 heteroatoms. The van der Waals surface area contributed by atoms with Crippen LogP contribution in [0.4, 0.5) is 5.82 Å². The Bertz CT molecular complexity index is 574. The summed E-state index contributed by atoms with van der Waals surface area (Å²) in [6.07, 6.45) is 1.09. The maximum Gasteiger partial charge on any atom is 0.125 e. The number of phenols is 1. The SMILES string of the molecule is CCC1C(C)CNc2cc(-c3ccc(O)cc3)nn21. The highest BCUT2D eigenvalue weighted by atomic mass is 16.3. The Hall–Kier alpha value is -1.97. The molecule has 0 spiro atoms. The molecule has 0 fully saturated rings. The molecule has 19 heavy (non-hydrogen) atoms. The number of rotatable bonds is 2. The summed E-state index contributed by atoms with van der Waals surface area (Å²) in [5.41, 5.74) is 1.99. The summed E-state index contributed by atoms with van der Waals surface area (Å²) in [4.78, 5) is 0. The number of aromatic nitrogens is 2. The number of hydrogen-bond donors (Lipinski definition) is 2. The smallest absolute Gasteiger partial charge is 0.125 e. The van der Waals surface area contributed by atoms with Crippen LogP contribution in [0.1, 0.15) is 26.3 Å². The fraction of sp³-hybridized carbons (Fsp3) is 0.400. The van der Waals surface area contributed by atoms with Crippen LogP contribution >= 0.6 is 0 Å². The molecule has 4 nitrogen and oxygen atoms in total. The fourth-order valence-electron chi connectivity index (χ4n) is 2.77. The van der Waals surface area contributed by atoms with Crippen molar-refractivity contribution in [3.8, 4) is 17.0 Å². The standard InChI is InChI=1S/C15H19N3O/c1-3-14-10(2)9-16-15-8-13(17-18(14)15)11-4-6-12(19)7-5-11/h4-8,10,14,16,19H,3,9H2,1-2H3. The summed E-state index contributed by atoms with van der Waals surface area (Å²) in [5, 5.41) is 17.5. The molecule has 0 bridgehead atoms. The zero-order valence-electron chi connectivity index (χ0n) is 11.3. The van der Waals surface area contributed by atoms with Crippen molar-refractivity contribution in [2.45, 2.75) is 26.3 Å². The average Bonchev–Trinajstić information content (AvgIpc) is 2.83. The largest absolute Gasteiger partial charge is 0.508 e. The number of fused-ring (bicyclic) bond motifs is 1. The van der Waals surface area contributed by atoms with Gasteiger partial charge in [0.05, 0.1) is 11.7 Å². The highest BCUT2D eigenvalue weighted by Crippen LogP contribution is 2.33. The minimum Gasteiger partial charge on any atom is -0.508 e. The van der Waals surface area contributed by atoms with Gasteiger partial charge in [-0.15, -0.1) is 0 Å². The number of benzene rings is 1. The Morgan fingerprint density at radius 1 is 1.37 bits per heavy atom. The van der Waals surface area contributed by atoms with Gasteiger partial charge in [0.15, 0.2) is 0 Å². The molecule has 0 amide bonds. The molecule has 1 aromatic carbocycles. The van der Waals surface area contributed by atoms with Crippen molar-refractivity contribution in [2.75, 3.05) is 11.9 Å². The molecule has 2 atom stereocenters. The predicted molar refractivity (Wildman–Crippen MR) is 76.3 cm³/mol. The van der Waals surface area contributed by atoms with E-state index >= 15 is 0 Å². The van der Waals surface area contributed by atoms with Crippen molar-refractivity contribution in [2.24, 2.45) is 5.92 Å². The van der Waals surface area contributed by atoms with Crippen molar-refractivity contribution in [3.63, 3.8) is 0 Å². The molecular weight excluding hydrogens is 238 g/mol. The Morgan fingerprint density at radius 2 is 2.11 bits per heavy atom. The van der Waals surface area contributed by atoms with E-state index in [0.29, 0.717) is 12.0 Å². The van der Waals surface area contributed by atoms with Gasteiger partial charge in [0, 0.05) is 18.2 Å². The topological polar surface area (TPSA) is 50.1 Å². The highest BCUT2D eigenvalue weighted by molar-refractivity contribution is 5.64. The van der Waals surface area contributed by atoms with Crippen LogP contribution in [0.5, 0.6) is 5.75 Å². The van der Waals surface area contributed by atoms with E-state index in [1.165, 1.54) is 0 Å². The number of hydrogen-bond acceptors (Lipinski definition) is 3. The van der Waals surface area contributed by atoms with Gasteiger partial charge >= 0.3 is 0 Å². The number of nitrogens with one attached hydrogen (secondary N) is 1. The van der Waals surface area contributed by atoms with Crippen LogP contribution in [0.15, 0.2) is 30.3 Å². The van der Waals surface area contributed by atoms with Crippen LogP contribution in [0.3, 0.4) is 0 Å². The molecule has 2 unspecified atom stereocenters. The summed E-state index contributed by atoms with van der Waals surface area (Å²) in [6, 6.07) is 9.73. The summed E-state index contributed by atoms with van der Waals surface area (Å²) in [6.45, 7) is 5.46. The van der Waals surface area contributed by atoms with Crippen LogP contribution in [0.25, 0.3) is 11.3 Å². The quantitative estimate of drug-likeness (QED) is 0.868. The second-order valence-corrected chi connectivity index (χ2v) is 5.24. The molecule has 1 aliphatic heterocycles. The first-order valence-electron chi connectivity index (χ1n) is 6.82. The third-order valence-electron chi connectivity index (χ3n) is 3.89. The van der Waals surface area contributed by atoms with E-state index in [0.717, 1.165) is 30.0 Å². The molecule has 1 aromatic heterocycles. The van der Waals surface area contributed by atoms with Gasteiger partial charge in [0.1, 0.15) is 11.6 Å². The van der Waals surface area contributed by atoms with E-state index in [2.05, 4.69) is 29.9 Å². The molecule has 2 heterocycles. The lowest BCUT2D eigenvalue weighted by atomic mass is 9.98. The maximum atomic E-state index is 9.34. The number of phenolic OH excluding ortho intramolecular Hbond substituents is 1. The third kappa shape index (κ3) is 2.07. The van der Waals surface area contributed by atoms with Gasteiger partial charge in [-0.1, -0.05) is 13.8 Å². The van der Waals surface area contributed by atoms with E-state index in [1.54, 1.807) is 12.1 Å². The van der Waals surface area contributed by atoms with E-state index in [9.17, 15) is 5.11 Å². The normalized spacial score (nSPS) is 21.8. The summed E-state index contributed by atoms with van der Waals surface area (Å²) in [7, 11) is 0. The Balaban J connectivity index is 2.00. The van der Waals surface area contributed by atoms with Gasteiger partial charge in [-0.2, -0.15) is 5.10 Å². The molecule has 0 radical (unpaired) electrons. The fourth-order valence-corrected chi connectivity index (χ4v) is 2.77. The van der Waals surface area contributed by atoms with E-state index < -0.39 is 0 Å². The highest BCUT2D eigenvalue weighted by Gasteiger charge is 2.26. The lowest BCUT2D eigenvalue weighted by molar-refractivity contribution is 0.313. The number of nitrogens with zero attached hydrogens (tertiary/aromatic N) is 2. The second-order valence-electron chi connectivity index (χ2n) is 5.24. The average molecular weight is 257 g/mol. The molecule has 3 rings (SSSR count). The molecule has 100 valence electrons. The molecule has 0 saturated carbocycles. The lowest BCUT2D eigenvalue weighted by Crippen LogP contribution is -2.30. The van der Waals surface area contributed by atoms with Crippen LogP contribution in [-0.4, -0.2) is 21.4 Å². The molecule has 2 aromatic rings. The first-order valence-corrected chi connectivity index (χ1v) is 6.82.